The fourth-order valence-corrected chi connectivity index (χ4v) is 2.94. The van der Waals surface area contributed by atoms with Crippen LogP contribution in [0.3, 0.4) is 0 Å². The first-order chi connectivity index (χ1) is 11.3. The highest BCUT2D eigenvalue weighted by Crippen LogP contribution is 2.41. The minimum absolute atomic E-state index is 0.0144. The number of halogens is 3. The smallest absolute Gasteiger partial charge is 0.416 e. The molecule has 0 fully saturated rings. The maximum atomic E-state index is 13.2. The fourth-order valence-electron chi connectivity index (χ4n) is 2.94. The number of benzene rings is 1. The van der Waals surface area contributed by atoms with Gasteiger partial charge in [-0.05, 0) is 30.0 Å². The molecule has 0 saturated carbocycles. The number of hydrogen-bond donors (Lipinski definition) is 0. The quantitative estimate of drug-likeness (QED) is 0.790. The van der Waals surface area contributed by atoms with Gasteiger partial charge in [-0.3, -0.25) is 9.59 Å². The Labute approximate surface area is 137 Å². The summed E-state index contributed by atoms with van der Waals surface area (Å²) >= 11 is 0. The van der Waals surface area contributed by atoms with Crippen LogP contribution in [0.4, 0.5) is 13.2 Å². The third-order valence-corrected chi connectivity index (χ3v) is 4.13. The summed E-state index contributed by atoms with van der Waals surface area (Å²) in [4.78, 5) is 23.8. The third kappa shape index (κ3) is 3.60. The van der Waals surface area contributed by atoms with E-state index in [1.54, 1.807) is 6.08 Å². The van der Waals surface area contributed by atoms with Crippen LogP contribution in [0.25, 0.3) is 5.57 Å². The summed E-state index contributed by atoms with van der Waals surface area (Å²) in [6.07, 6.45) is -2.84. The van der Waals surface area contributed by atoms with Gasteiger partial charge in [0.2, 0.25) is 0 Å². The molecule has 7 heteroatoms. The number of esters is 2. The number of allylic oxidation sites excluding steroid dienone is 2. The first-order valence-corrected chi connectivity index (χ1v) is 7.30. The first kappa shape index (κ1) is 18.0. The van der Waals surface area contributed by atoms with Crippen molar-refractivity contribution in [2.75, 3.05) is 14.2 Å². The molecule has 0 aliphatic heterocycles. The standard InChI is InChI=1S/C17H17F3O4/c1-23-15(21)12-8-7-10(9-13(12)16(22)24-2)11-5-3-4-6-14(11)17(18,19)20/h3-7,12-13H,8-9H2,1-2H3/t12-,13-/m0/s1. The van der Waals surface area contributed by atoms with E-state index in [2.05, 4.69) is 4.74 Å². The number of carbonyl (C=O) groups is 2. The molecule has 1 aromatic rings. The van der Waals surface area contributed by atoms with Gasteiger partial charge in [-0.25, -0.2) is 0 Å². The third-order valence-electron chi connectivity index (χ3n) is 4.13. The van der Waals surface area contributed by atoms with E-state index in [0.717, 1.165) is 6.07 Å². The number of alkyl halides is 3. The zero-order valence-electron chi connectivity index (χ0n) is 13.2. The topological polar surface area (TPSA) is 52.6 Å². The summed E-state index contributed by atoms with van der Waals surface area (Å²) in [7, 11) is 2.38. The molecule has 0 unspecified atom stereocenters. The Kier molecular flexibility index (Phi) is 5.31. The van der Waals surface area contributed by atoms with Crippen LogP contribution in [0, 0.1) is 11.8 Å². The largest absolute Gasteiger partial charge is 0.469 e. The molecular weight excluding hydrogens is 325 g/mol. The Morgan fingerprint density at radius 2 is 1.62 bits per heavy atom. The lowest BCUT2D eigenvalue weighted by Gasteiger charge is -2.28. The van der Waals surface area contributed by atoms with E-state index in [1.165, 1.54) is 32.4 Å². The molecule has 2 atom stereocenters. The summed E-state index contributed by atoms with van der Waals surface area (Å²) in [6, 6.07) is 5.17. The van der Waals surface area contributed by atoms with E-state index in [1.807, 2.05) is 0 Å². The summed E-state index contributed by atoms with van der Waals surface area (Å²) in [6.45, 7) is 0. The molecule has 24 heavy (non-hydrogen) atoms. The van der Waals surface area contributed by atoms with Crippen molar-refractivity contribution < 1.29 is 32.2 Å². The Balaban J connectivity index is 2.42. The van der Waals surface area contributed by atoms with Crippen LogP contribution in [0.1, 0.15) is 24.0 Å². The zero-order valence-corrected chi connectivity index (χ0v) is 13.2. The van der Waals surface area contributed by atoms with Gasteiger partial charge in [0.05, 0.1) is 31.6 Å². The van der Waals surface area contributed by atoms with Gasteiger partial charge in [0.25, 0.3) is 0 Å². The van der Waals surface area contributed by atoms with Gasteiger partial charge >= 0.3 is 18.1 Å². The maximum Gasteiger partial charge on any atom is 0.416 e. The molecule has 0 spiro atoms. The number of carbonyl (C=O) groups excluding carboxylic acids is 2. The molecule has 1 aromatic carbocycles. The predicted octanol–water partition coefficient (Wildman–Crippen LogP) is 3.46. The number of rotatable bonds is 3. The van der Waals surface area contributed by atoms with E-state index in [9.17, 15) is 22.8 Å². The van der Waals surface area contributed by atoms with Crippen LogP contribution in [-0.2, 0) is 25.2 Å². The SMILES string of the molecule is COC(=O)[C@H]1CC=C(c2ccccc2C(F)(F)F)C[C@@H]1C(=O)OC. The van der Waals surface area contributed by atoms with Crippen LogP contribution in [0.15, 0.2) is 30.3 Å². The highest BCUT2D eigenvalue weighted by Gasteiger charge is 2.40. The lowest BCUT2D eigenvalue weighted by Crippen LogP contribution is -2.33. The second kappa shape index (κ2) is 7.07. The molecule has 2 rings (SSSR count). The Hall–Kier alpha value is -2.31. The van der Waals surface area contributed by atoms with Crippen LogP contribution in [-0.4, -0.2) is 26.2 Å². The highest BCUT2D eigenvalue weighted by atomic mass is 19.4. The zero-order chi connectivity index (χ0) is 17.9. The van der Waals surface area contributed by atoms with Gasteiger partial charge in [0, 0.05) is 0 Å². The molecule has 0 heterocycles. The molecule has 1 aliphatic rings. The Bertz CT molecular complexity index is 664. The normalized spacial score (nSPS) is 21.0. The number of ether oxygens (including phenoxy) is 2. The van der Waals surface area contributed by atoms with Crippen molar-refractivity contribution in [3.63, 3.8) is 0 Å². The van der Waals surface area contributed by atoms with E-state index in [-0.39, 0.29) is 18.4 Å². The van der Waals surface area contributed by atoms with Gasteiger partial charge in [-0.2, -0.15) is 13.2 Å². The average Bonchev–Trinajstić information content (AvgIpc) is 2.59. The first-order valence-electron chi connectivity index (χ1n) is 7.30. The van der Waals surface area contributed by atoms with Crippen molar-refractivity contribution in [1.29, 1.82) is 0 Å². The molecule has 4 nitrogen and oxygen atoms in total. The van der Waals surface area contributed by atoms with Gasteiger partial charge in [0.1, 0.15) is 0 Å². The van der Waals surface area contributed by atoms with E-state index in [4.69, 9.17) is 4.74 Å². The van der Waals surface area contributed by atoms with Crippen molar-refractivity contribution in [3.05, 3.63) is 41.5 Å². The minimum atomic E-state index is -4.50. The lowest BCUT2D eigenvalue weighted by atomic mass is 9.77. The highest BCUT2D eigenvalue weighted by molar-refractivity contribution is 5.86. The molecule has 1 aliphatic carbocycles. The summed E-state index contributed by atoms with van der Waals surface area (Å²) < 4.78 is 49.0. The lowest BCUT2D eigenvalue weighted by molar-refractivity contribution is -0.157. The van der Waals surface area contributed by atoms with E-state index < -0.39 is 35.5 Å². The minimum Gasteiger partial charge on any atom is -0.469 e. The molecule has 0 bridgehead atoms. The molecule has 0 aromatic heterocycles. The van der Waals surface area contributed by atoms with Crippen LogP contribution in [0.2, 0.25) is 0 Å². The van der Waals surface area contributed by atoms with Crippen molar-refractivity contribution in [3.8, 4) is 0 Å². The Morgan fingerprint density at radius 1 is 1.04 bits per heavy atom. The molecule has 0 saturated heterocycles. The molecule has 0 amide bonds. The molecule has 130 valence electrons. The summed E-state index contributed by atoms with van der Waals surface area (Å²) in [5.41, 5.74) is -0.378. The van der Waals surface area contributed by atoms with Crippen LogP contribution in [0.5, 0.6) is 0 Å². The van der Waals surface area contributed by atoms with Gasteiger partial charge in [-0.1, -0.05) is 24.3 Å². The number of methoxy groups -OCH3 is 2. The van der Waals surface area contributed by atoms with Gasteiger partial charge < -0.3 is 9.47 Å². The van der Waals surface area contributed by atoms with Crippen molar-refractivity contribution in [2.45, 2.75) is 19.0 Å². The van der Waals surface area contributed by atoms with Crippen molar-refractivity contribution in [1.82, 2.24) is 0 Å². The molecule has 0 N–H and O–H groups in total. The van der Waals surface area contributed by atoms with Crippen LogP contribution >= 0.6 is 0 Å². The fraction of sp³-hybridized carbons (Fsp3) is 0.412. The monoisotopic (exact) mass is 342 g/mol. The number of hydrogen-bond acceptors (Lipinski definition) is 4. The summed E-state index contributed by atoms with van der Waals surface area (Å²) in [5.74, 6) is -2.85. The molecular formula is C17H17F3O4. The molecule has 0 radical (unpaired) electrons. The second-order valence-electron chi connectivity index (χ2n) is 5.47. The van der Waals surface area contributed by atoms with Crippen molar-refractivity contribution in [2.24, 2.45) is 11.8 Å². The van der Waals surface area contributed by atoms with E-state index in [0.29, 0.717) is 5.57 Å². The predicted molar refractivity (Wildman–Crippen MR) is 79.7 cm³/mol. The second-order valence-corrected chi connectivity index (χ2v) is 5.47. The van der Waals surface area contributed by atoms with Gasteiger partial charge in [0.15, 0.2) is 0 Å². The Morgan fingerprint density at radius 3 is 2.21 bits per heavy atom. The van der Waals surface area contributed by atoms with Crippen LogP contribution < -0.4 is 0 Å². The van der Waals surface area contributed by atoms with Crippen molar-refractivity contribution >= 4 is 17.5 Å². The van der Waals surface area contributed by atoms with Gasteiger partial charge in [-0.15, -0.1) is 0 Å². The average molecular weight is 342 g/mol. The van der Waals surface area contributed by atoms with E-state index >= 15 is 0 Å². The summed E-state index contributed by atoms with van der Waals surface area (Å²) in [5, 5.41) is 0. The maximum absolute atomic E-state index is 13.2.